The van der Waals surface area contributed by atoms with E-state index < -0.39 is 0 Å². The molecule has 0 aliphatic heterocycles. The Morgan fingerprint density at radius 2 is 2.04 bits per heavy atom. The van der Waals surface area contributed by atoms with E-state index in [9.17, 15) is 0 Å². The number of rotatable bonds is 7. The van der Waals surface area contributed by atoms with E-state index in [0.29, 0.717) is 17.9 Å². The Balaban J connectivity index is 1.68. The molecule has 3 rings (SSSR count). The van der Waals surface area contributed by atoms with Gasteiger partial charge in [0, 0.05) is 6.07 Å². The van der Waals surface area contributed by atoms with Crippen LogP contribution in [0.3, 0.4) is 0 Å². The van der Waals surface area contributed by atoms with Crippen LogP contribution in [0, 0.1) is 0 Å². The Morgan fingerprint density at radius 1 is 1.21 bits per heavy atom. The Bertz CT molecular complexity index is 832. The van der Waals surface area contributed by atoms with Crippen LogP contribution in [0.5, 0.6) is 5.75 Å². The Morgan fingerprint density at radius 3 is 2.83 bits per heavy atom. The highest BCUT2D eigenvalue weighted by atomic mass is 16.7. The number of nitrogens with two attached hydrogens (primary N) is 2. The highest BCUT2D eigenvalue weighted by Gasteiger charge is 2.07. The number of hydrazone groups is 1. The van der Waals surface area contributed by atoms with Gasteiger partial charge in [0.1, 0.15) is 30.0 Å². The van der Waals surface area contributed by atoms with Gasteiger partial charge in [-0.2, -0.15) is 0 Å². The lowest BCUT2D eigenvalue weighted by molar-refractivity contribution is 0.0751. The van der Waals surface area contributed by atoms with E-state index in [2.05, 4.69) is 20.9 Å². The lowest BCUT2D eigenvalue weighted by Crippen LogP contribution is -2.27. The predicted molar refractivity (Wildman–Crippen MR) is 88.7 cm³/mol. The summed E-state index contributed by atoms with van der Waals surface area (Å²) in [7, 11) is 0. The van der Waals surface area contributed by atoms with Crippen LogP contribution in [0.1, 0.15) is 5.56 Å². The molecule has 2 aromatic carbocycles. The number of benzene rings is 2. The van der Waals surface area contributed by atoms with Gasteiger partial charge < -0.3 is 15.3 Å². The molecule has 0 spiro atoms. The fraction of sp³-hybridized carbons (Fsp3) is 0.133. The number of hydrogen-bond acceptors (Lipinski definition) is 7. The first-order valence-corrected chi connectivity index (χ1v) is 7.19. The lowest BCUT2D eigenvalue weighted by Gasteiger charge is -2.07. The number of nitrogens with one attached hydrogen (secondary N) is 1. The first kappa shape index (κ1) is 15.6. The lowest BCUT2D eigenvalue weighted by atomic mass is 10.2. The molecule has 0 atom stereocenters. The zero-order valence-corrected chi connectivity index (χ0v) is 12.8. The van der Waals surface area contributed by atoms with E-state index >= 15 is 0 Å². The third-order valence-electron chi connectivity index (χ3n) is 3.18. The van der Waals surface area contributed by atoms with Crippen molar-refractivity contribution in [1.82, 2.24) is 20.7 Å². The van der Waals surface area contributed by atoms with Gasteiger partial charge in [-0.25, -0.2) is 11.4 Å². The van der Waals surface area contributed by atoms with E-state index in [0.717, 1.165) is 11.1 Å². The molecule has 124 valence electrons. The van der Waals surface area contributed by atoms with Crippen molar-refractivity contribution in [3.63, 3.8) is 0 Å². The van der Waals surface area contributed by atoms with Gasteiger partial charge in [-0.3, -0.25) is 0 Å². The number of hydrogen-bond donors (Lipinski definition) is 3. The molecular formula is C15H17N7O2. The van der Waals surface area contributed by atoms with Crippen LogP contribution in [0.15, 0.2) is 53.6 Å². The first-order chi connectivity index (χ1) is 11.8. The molecule has 5 N–H and O–H groups in total. The summed E-state index contributed by atoms with van der Waals surface area (Å²) in [6.07, 6.45) is 0. The molecule has 1 aromatic heterocycles. The van der Waals surface area contributed by atoms with Crippen molar-refractivity contribution < 1.29 is 9.57 Å². The maximum atomic E-state index is 5.66. The average Bonchev–Trinajstić information content (AvgIpc) is 3.02. The van der Waals surface area contributed by atoms with E-state index in [1.165, 1.54) is 4.85 Å². The van der Waals surface area contributed by atoms with Crippen molar-refractivity contribution >= 4 is 16.9 Å². The maximum absolute atomic E-state index is 5.66. The summed E-state index contributed by atoms with van der Waals surface area (Å²) in [6.45, 7) is 0.505. The highest BCUT2D eigenvalue weighted by Crippen LogP contribution is 2.18. The smallest absolute Gasteiger partial charge is 0.159 e. The molecule has 0 unspecified atom stereocenters. The van der Waals surface area contributed by atoms with E-state index in [4.69, 9.17) is 21.2 Å². The van der Waals surface area contributed by atoms with E-state index in [-0.39, 0.29) is 12.4 Å². The van der Waals surface area contributed by atoms with Crippen molar-refractivity contribution in [2.45, 2.75) is 6.61 Å². The van der Waals surface area contributed by atoms with Crippen LogP contribution >= 0.6 is 0 Å². The molecule has 3 aromatic rings. The highest BCUT2D eigenvalue weighted by molar-refractivity contribution is 5.81. The van der Waals surface area contributed by atoms with Gasteiger partial charge in [-0.15, -0.1) is 10.2 Å². The molecular weight excluding hydrogens is 310 g/mol. The molecule has 9 heteroatoms. The zero-order chi connectivity index (χ0) is 16.8. The number of amidine groups is 1. The van der Waals surface area contributed by atoms with Crippen LogP contribution < -0.4 is 26.7 Å². The van der Waals surface area contributed by atoms with E-state index in [1.54, 1.807) is 12.1 Å². The summed E-state index contributed by atoms with van der Waals surface area (Å²) < 4.78 is 5.50. The number of aromatic nitrogens is 3. The number of nitrogens with zero attached hydrogens (tertiary/aromatic N) is 4. The number of ether oxygens (including phenoxy) is 1. The van der Waals surface area contributed by atoms with Crippen molar-refractivity contribution in [3.05, 3.63) is 54.1 Å². The fourth-order valence-corrected chi connectivity index (χ4v) is 2.05. The van der Waals surface area contributed by atoms with Crippen LogP contribution in [-0.2, 0) is 6.61 Å². The Hall–Kier alpha value is -3.33. The minimum absolute atomic E-state index is 0.106. The Kier molecular flexibility index (Phi) is 4.73. The third-order valence-corrected chi connectivity index (χ3v) is 3.18. The summed E-state index contributed by atoms with van der Waals surface area (Å²) in [5, 5.41) is 11.7. The summed E-state index contributed by atoms with van der Waals surface area (Å²) >= 11 is 0. The minimum atomic E-state index is 0.106. The number of hydrazine groups is 1. The van der Waals surface area contributed by atoms with Crippen molar-refractivity contribution in [2.24, 2.45) is 16.7 Å². The minimum Gasteiger partial charge on any atom is -0.486 e. The van der Waals surface area contributed by atoms with Gasteiger partial charge in [0.15, 0.2) is 5.84 Å². The monoisotopic (exact) mass is 327 g/mol. The predicted octanol–water partition coefficient (Wildman–Crippen LogP) is 0.174. The second kappa shape index (κ2) is 7.29. The molecule has 0 fully saturated rings. The normalized spacial score (nSPS) is 11.5. The van der Waals surface area contributed by atoms with Crippen LogP contribution in [0.25, 0.3) is 11.0 Å². The Labute approximate surface area is 137 Å². The molecule has 0 radical (unpaired) electrons. The summed E-state index contributed by atoms with van der Waals surface area (Å²) in [5.74, 6) is 5.86. The molecule has 0 bridgehead atoms. The molecule has 0 aliphatic carbocycles. The van der Waals surface area contributed by atoms with Gasteiger partial charge in [-0.05, 0) is 22.9 Å². The molecule has 0 saturated carbocycles. The van der Waals surface area contributed by atoms with Crippen molar-refractivity contribution in [1.29, 1.82) is 0 Å². The molecule has 24 heavy (non-hydrogen) atoms. The van der Waals surface area contributed by atoms with Crippen LogP contribution in [-0.4, -0.2) is 27.6 Å². The standard InChI is InChI=1S/C15H17N7O2/c16-15(19-20-17)10-23-12-6-7-14-13(8-12)18-21-22(14)24-9-11-4-2-1-3-5-11/h1-8,20H,9-10,17H2,(H2,16,19). The fourth-order valence-electron chi connectivity index (χ4n) is 2.05. The van der Waals surface area contributed by atoms with Gasteiger partial charge >= 0.3 is 0 Å². The van der Waals surface area contributed by atoms with Gasteiger partial charge in [0.25, 0.3) is 0 Å². The molecule has 1 heterocycles. The van der Waals surface area contributed by atoms with Crippen LogP contribution in [0.2, 0.25) is 0 Å². The zero-order valence-electron chi connectivity index (χ0n) is 12.8. The molecule has 9 nitrogen and oxygen atoms in total. The van der Waals surface area contributed by atoms with Crippen molar-refractivity contribution in [2.75, 3.05) is 6.61 Å². The van der Waals surface area contributed by atoms with Gasteiger partial charge in [0.05, 0.1) is 0 Å². The molecule has 0 saturated heterocycles. The SMILES string of the molecule is NN/N=C(\N)COc1ccc2c(c1)nnn2OCc1ccccc1. The molecule has 0 amide bonds. The first-order valence-electron chi connectivity index (χ1n) is 7.19. The second-order valence-corrected chi connectivity index (χ2v) is 4.89. The van der Waals surface area contributed by atoms with E-state index in [1.807, 2.05) is 36.4 Å². The second-order valence-electron chi connectivity index (χ2n) is 4.89. The summed E-state index contributed by atoms with van der Waals surface area (Å²) in [6, 6.07) is 15.2. The van der Waals surface area contributed by atoms with Gasteiger partial charge in [-0.1, -0.05) is 35.2 Å². The quantitative estimate of drug-likeness (QED) is 0.244. The maximum Gasteiger partial charge on any atom is 0.159 e. The van der Waals surface area contributed by atoms with Crippen molar-refractivity contribution in [3.8, 4) is 5.75 Å². The number of fused-ring (bicyclic) bond motifs is 1. The largest absolute Gasteiger partial charge is 0.486 e. The molecule has 0 aliphatic rings. The van der Waals surface area contributed by atoms with Crippen LogP contribution in [0.4, 0.5) is 0 Å². The summed E-state index contributed by atoms with van der Waals surface area (Å²) in [5.41, 5.74) is 10.1. The summed E-state index contributed by atoms with van der Waals surface area (Å²) in [4.78, 5) is 7.05. The average molecular weight is 327 g/mol. The van der Waals surface area contributed by atoms with Gasteiger partial charge in [0.2, 0.25) is 0 Å². The topological polar surface area (TPSA) is 126 Å². The third kappa shape index (κ3) is 3.70.